The van der Waals surface area contributed by atoms with Gasteiger partial charge in [-0.1, -0.05) is 5.20 Å². The molecule has 1 aliphatic heterocycles. The third kappa shape index (κ3) is 0.482. The second kappa shape index (κ2) is 1.05. The van der Waals surface area contributed by atoms with Gasteiger partial charge in [-0.25, -0.2) is 0 Å². The van der Waals surface area contributed by atoms with Gasteiger partial charge in [0, 0.05) is 0 Å². The van der Waals surface area contributed by atoms with Crippen molar-refractivity contribution >= 4 is 14.0 Å². The van der Waals surface area contributed by atoms with Crippen molar-refractivity contribution < 1.29 is 0 Å². The largest absolute Gasteiger partial charge is 0.206 e. The molecule has 0 aliphatic carbocycles. The maximum Gasteiger partial charge on any atom is 0.206 e. The summed E-state index contributed by atoms with van der Waals surface area (Å²) in [6, 6.07) is 0. The van der Waals surface area contributed by atoms with Crippen LogP contribution in [0.4, 0.5) is 0 Å². The molecule has 0 saturated carbocycles. The second-order valence-electron chi connectivity index (χ2n) is 0.987. The van der Waals surface area contributed by atoms with Crippen molar-refractivity contribution in [2.45, 2.75) is 0 Å². The maximum absolute atomic E-state index is 3.73. The highest BCUT2D eigenvalue weighted by molar-refractivity contribution is 7.54. The summed E-state index contributed by atoms with van der Waals surface area (Å²) >= 11 is 0. The van der Waals surface area contributed by atoms with Crippen molar-refractivity contribution in [1.29, 1.82) is 0 Å². The van der Waals surface area contributed by atoms with Crippen LogP contribution in [0.15, 0.2) is 0 Å². The first kappa shape index (κ1) is 3.29. The molecule has 0 radical (unpaired) electrons. The Hall–Kier alpha value is 0.0900. The zero-order valence-corrected chi connectivity index (χ0v) is 3.76. The van der Waals surface area contributed by atoms with Crippen LogP contribution in [-0.4, -0.2) is 12.6 Å². The number of nitrogens with one attached hydrogen (secondary N) is 2. The van der Waals surface area contributed by atoms with Gasteiger partial charge in [-0.05, 0) is 0 Å². The molecular weight excluding hydrogens is 83.0 g/mol. The van der Waals surface area contributed by atoms with E-state index in [1.165, 1.54) is 0 Å². The van der Waals surface area contributed by atoms with E-state index in [9.17, 15) is 0 Å². The van der Waals surface area contributed by atoms with Crippen LogP contribution >= 0.6 is 7.70 Å². The minimum Gasteiger partial charge on any atom is -0.177 e. The van der Waals surface area contributed by atoms with Crippen molar-refractivity contribution in [3.8, 4) is 0 Å². The molecule has 0 bridgehead atoms. The molecule has 28 valence electrons. The van der Waals surface area contributed by atoms with Crippen molar-refractivity contribution in [2.24, 2.45) is 0 Å². The molecule has 0 aromatic heterocycles. The van der Waals surface area contributed by atoms with Crippen LogP contribution in [-0.2, 0) is 0 Å². The maximum atomic E-state index is 3.73. The number of hydrogen-bond acceptors (Lipinski definition) is 2. The van der Waals surface area contributed by atoms with Crippen molar-refractivity contribution in [1.82, 2.24) is 10.6 Å². The van der Waals surface area contributed by atoms with E-state index >= 15 is 0 Å². The molecule has 0 amide bonds. The Kier molecular flexibility index (Phi) is 0.692. The molecule has 1 fully saturated rings. The summed E-state index contributed by atoms with van der Waals surface area (Å²) in [6.45, 7) is 0. The summed E-state index contributed by atoms with van der Waals surface area (Å²) < 4.78 is 0. The fourth-order valence-electron chi connectivity index (χ4n) is 0.191. The van der Waals surface area contributed by atoms with Gasteiger partial charge in [0.05, 0.1) is 6.30 Å². The van der Waals surface area contributed by atoms with Gasteiger partial charge in [-0.15, -0.1) is 0 Å². The van der Waals surface area contributed by atoms with Crippen molar-refractivity contribution in [3.05, 3.63) is 0 Å². The van der Waals surface area contributed by atoms with Gasteiger partial charge in [-0.2, -0.15) is 5.43 Å². The standard InChI is InChI=1S/C2H6N2P/c1-5-2-3-4-5/h3-4H,1-2H2/q+1. The molecule has 1 rings (SSSR count). The van der Waals surface area contributed by atoms with E-state index in [1.807, 2.05) is 0 Å². The lowest BCUT2D eigenvalue weighted by atomic mass is 11.5. The number of hydrazine groups is 1. The first-order chi connectivity index (χ1) is 2.39. The van der Waals surface area contributed by atoms with E-state index in [1.54, 1.807) is 0 Å². The van der Waals surface area contributed by atoms with Gasteiger partial charge in [-0.3, -0.25) is 0 Å². The SMILES string of the molecule is C=[P+]1CNN1. The molecule has 2 N–H and O–H groups in total. The monoisotopic (exact) mass is 89.0 g/mol. The molecule has 2 nitrogen and oxygen atoms in total. The Labute approximate surface area is 32.0 Å². The lowest BCUT2D eigenvalue weighted by molar-refractivity contribution is 0.716. The minimum atomic E-state index is -0.0288. The molecule has 0 aromatic carbocycles. The smallest absolute Gasteiger partial charge is 0.177 e. The van der Waals surface area contributed by atoms with Gasteiger partial charge in [0.1, 0.15) is 0 Å². The van der Waals surface area contributed by atoms with Gasteiger partial charge < -0.3 is 0 Å². The summed E-state index contributed by atoms with van der Waals surface area (Å²) in [5, 5.41) is 2.91. The predicted molar refractivity (Wildman–Crippen MR) is 25.2 cm³/mol. The van der Waals surface area contributed by atoms with Crippen LogP contribution in [0.2, 0.25) is 0 Å². The average Bonchev–Trinajstić information content (AvgIpc) is 1.30. The molecule has 3 heteroatoms. The fourth-order valence-corrected chi connectivity index (χ4v) is 0.573. The van der Waals surface area contributed by atoms with E-state index in [0.717, 1.165) is 6.29 Å². The van der Waals surface area contributed by atoms with Crippen LogP contribution in [0.1, 0.15) is 0 Å². The highest BCUT2D eigenvalue weighted by atomic mass is 31.1. The Morgan fingerprint density at radius 2 is 2.20 bits per heavy atom. The van der Waals surface area contributed by atoms with Crippen LogP contribution in [0.5, 0.6) is 0 Å². The van der Waals surface area contributed by atoms with Crippen molar-refractivity contribution in [3.63, 3.8) is 0 Å². The molecule has 1 heterocycles. The van der Waals surface area contributed by atoms with Crippen molar-refractivity contribution in [2.75, 3.05) is 6.29 Å². The van der Waals surface area contributed by atoms with Crippen LogP contribution in [0, 0.1) is 0 Å². The first-order valence-corrected chi connectivity index (χ1v) is 3.17. The molecule has 1 unspecified atom stereocenters. The van der Waals surface area contributed by atoms with E-state index < -0.39 is 0 Å². The quantitative estimate of drug-likeness (QED) is 0.404. The van der Waals surface area contributed by atoms with Gasteiger partial charge in [0.25, 0.3) is 0 Å². The molecule has 0 spiro atoms. The summed E-state index contributed by atoms with van der Waals surface area (Å²) in [6.07, 6.45) is 4.81. The number of rotatable bonds is 0. The van der Waals surface area contributed by atoms with Gasteiger partial charge in [0.15, 0.2) is 6.29 Å². The summed E-state index contributed by atoms with van der Waals surface area (Å²) in [4.78, 5) is 0. The van der Waals surface area contributed by atoms with Gasteiger partial charge >= 0.3 is 0 Å². The molecular formula is C2H6N2P+. The topological polar surface area (TPSA) is 24.1 Å². The first-order valence-electron chi connectivity index (χ1n) is 1.46. The fraction of sp³-hybridized carbons (Fsp3) is 0.500. The minimum absolute atomic E-state index is 0.0288. The second-order valence-corrected chi connectivity index (χ2v) is 2.61. The lowest BCUT2D eigenvalue weighted by Gasteiger charge is -2.03. The summed E-state index contributed by atoms with van der Waals surface area (Å²) in [7, 11) is -0.0288. The average molecular weight is 89.1 g/mol. The highest BCUT2D eigenvalue weighted by Crippen LogP contribution is 2.14. The Morgan fingerprint density at radius 1 is 1.80 bits per heavy atom. The molecule has 5 heavy (non-hydrogen) atoms. The normalized spacial score (nSPS) is 29.2. The number of hydrogen-bond donors (Lipinski definition) is 2. The van der Waals surface area contributed by atoms with Gasteiger partial charge in [0.2, 0.25) is 7.70 Å². The Morgan fingerprint density at radius 3 is 2.20 bits per heavy atom. The molecule has 1 saturated heterocycles. The third-order valence-corrected chi connectivity index (χ3v) is 1.52. The van der Waals surface area contributed by atoms with E-state index in [0.29, 0.717) is 0 Å². The van der Waals surface area contributed by atoms with E-state index in [-0.39, 0.29) is 7.70 Å². The van der Waals surface area contributed by atoms with E-state index in [2.05, 4.69) is 16.9 Å². The molecule has 0 aromatic rings. The highest BCUT2D eigenvalue weighted by Gasteiger charge is 2.13. The zero-order chi connectivity index (χ0) is 3.70. The predicted octanol–water partition coefficient (Wildman–Crippen LogP) is -0.119. The third-order valence-electron chi connectivity index (χ3n) is 0.507. The van der Waals surface area contributed by atoms with Crippen LogP contribution < -0.4 is 10.6 Å². The van der Waals surface area contributed by atoms with E-state index in [4.69, 9.17) is 0 Å². The van der Waals surface area contributed by atoms with Crippen LogP contribution in [0.3, 0.4) is 0 Å². The van der Waals surface area contributed by atoms with Crippen LogP contribution in [0.25, 0.3) is 0 Å². The molecule has 1 aliphatic rings. The summed E-state index contributed by atoms with van der Waals surface area (Å²) in [5.41, 5.74) is 2.88. The summed E-state index contributed by atoms with van der Waals surface area (Å²) in [5.74, 6) is 0. The Bertz CT molecular complexity index is 54.7. The lowest BCUT2D eigenvalue weighted by Crippen LogP contribution is -2.37. The Balaban J connectivity index is 2.32. The molecule has 1 atom stereocenters. The zero-order valence-electron chi connectivity index (χ0n) is 2.86.